The van der Waals surface area contributed by atoms with Crippen LogP contribution in [-0.4, -0.2) is 42.3 Å². The molecule has 1 aliphatic rings. The van der Waals surface area contributed by atoms with E-state index in [1.165, 1.54) is 13.0 Å². The van der Waals surface area contributed by atoms with Gasteiger partial charge in [-0.15, -0.1) is 0 Å². The number of fused-ring (bicyclic) bond motifs is 1. The summed E-state index contributed by atoms with van der Waals surface area (Å²) < 4.78 is 16.0. The van der Waals surface area contributed by atoms with Crippen molar-refractivity contribution in [2.45, 2.75) is 20.8 Å². The minimum absolute atomic E-state index is 0.121. The van der Waals surface area contributed by atoms with Gasteiger partial charge in [-0.3, -0.25) is 9.59 Å². The number of aryl methyl sites for hydroxylation is 1. The van der Waals surface area contributed by atoms with Gasteiger partial charge in [-0.1, -0.05) is 6.07 Å². The van der Waals surface area contributed by atoms with E-state index in [1.807, 2.05) is 0 Å². The number of ketones is 2. The van der Waals surface area contributed by atoms with Gasteiger partial charge in [0.15, 0.2) is 23.9 Å². The van der Waals surface area contributed by atoms with Crippen molar-refractivity contribution in [3.05, 3.63) is 52.4 Å². The molecular weight excluding hydrogens is 362 g/mol. The van der Waals surface area contributed by atoms with Crippen molar-refractivity contribution < 1.29 is 28.6 Å². The highest BCUT2D eigenvalue weighted by molar-refractivity contribution is 6.04. The van der Waals surface area contributed by atoms with Crippen molar-refractivity contribution in [3.63, 3.8) is 0 Å². The summed E-state index contributed by atoms with van der Waals surface area (Å²) >= 11 is 0. The smallest absolute Gasteiger partial charge is 0.331 e. The zero-order chi connectivity index (χ0) is 20.3. The minimum atomic E-state index is -0.643. The first-order valence-electron chi connectivity index (χ1n) is 8.84. The predicted octanol–water partition coefficient (Wildman–Crippen LogP) is 3.04. The van der Waals surface area contributed by atoms with Gasteiger partial charge in [-0.05, 0) is 50.1 Å². The van der Waals surface area contributed by atoms with Crippen molar-refractivity contribution in [2.75, 3.05) is 19.8 Å². The lowest BCUT2D eigenvalue weighted by Crippen LogP contribution is -2.15. The van der Waals surface area contributed by atoms with Gasteiger partial charge in [0.05, 0.1) is 5.69 Å². The number of hydrogen-bond acceptors (Lipinski definition) is 6. The molecule has 0 radical (unpaired) electrons. The molecule has 0 bridgehead atoms. The fraction of sp³-hybridized carbons (Fsp3) is 0.286. The van der Waals surface area contributed by atoms with Crippen molar-refractivity contribution in [1.82, 2.24) is 4.98 Å². The van der Waals surface area contributed by atoms with Gasteiger partial charge in [-0.25, -0.2) is 4.79 Å². The van der Waals surface area contributed by atoms with E-state index in [2.05, 4.69) is 4.98 Å². The van der Waals surface area contributed by atoms with Gasteiger partial charge >= 0.3 is 5.97 Å². The first kappa shape index (κ1) is 19.4. The van der Waals surface area contributed by atoms with Crippen LogP contribution in [0.3, 0.4) is 0 Å². The molecule has 7 heteroatoms. The van der Waals surface area contributed by atoms with Crippen LogP contribution in [0.1, 0.15) is 44.6 Å². The lowest BCUT2D eigenvalue weighted by molar-refractivity contribution is -0.136. The fourth-order valence-electron chi connectivity index (χ4n) is 3.14. The number of benzene rings is 1. The molecular formula is C21H21NO6. The van der Waals surface area contributed by atoms with E-state index in [0.717, 1.165) is 5.56 Å². The quantitative estimate of drug-likeness (QED) is 0.468. The Balaban J connectivity index is 1.60. The number of aromatic amines is 1. The first-order chi connectivity index (χ1) is 13.4. The number of esters is 1. The van der Waals surface area contributed by atoms with E-state index in [9.17, 15) is 14.4 Å². The summed E-state index contributed by atoms with van der Waals surface area (Å²) in [5.74, 6) is 0.128. The molecule has 7 nitrogen and oxygen atoms in total. The SMILES string of the molecule is CC(=O)c1c(C)[nH]c(C(=O)COC(=O)/C=C/c2ccc3c(c2)OCCO3)c1C. The molecule has 3 rings (SSSR count). The minimum Gasteiger partial charge on any atom is -0.486 e. The third-order valence-electron chi connectivity index (χ3n) is 4.39. The second-order valence-electron chi connectivity index (χ2n) is 6.45. The summed E-state index contributed by atoms with van der Waals surface area (Å²) in [6, 6.07) is 5.32. The summed E-state index contributed by atoms with van der Waals surface area (Å²) in [7, 11) is 0. The van der Waals surface area contributed by atoms with E-state index >= 15 is 0 Å². The Morgan fingerprint density at radius 2 is 1.86 bits per heavy atom. The molecule has 1 aliphatic heterocycles. The third kappa shape index (κ3) is 4.14. The van der Waals surface area contributed by atoms with Gasteiger partial charge in [-0.2, -0.15) is 0 Å². The van der Waals surface area contributed by atoms with Gasteiger partial charge < -0.3 is 19.2 Å². The maximum atomic E-state index is 12.3. The maximum Gasteiger partial charge on any atom is 0.331 e. The molecule has 0 amide bonds. The van der Waals surface area contributed by atoms with Crippen LogP contribution < -0.4 is 9.47 Å². The van der Waals surface area contributed by atoms with E-state index < -0.39 is 18.4 Å². The molecule has 0 saturated carbocycles. The van der Waals surface area contributed by atoms with Crippen molar-refractivity contribution in [1.29, 1.82) is 0 Å². The Bertz CT molecular complexity index is 970. The Morgan fingerprint density at radius 1 is 1.14 bits per heavy atom. The predicted molar refractivity (Wildman–Crippen MR) is 102 cm³/mol. The highest BCUT2D eigenvalue weighted by Gasteiger charge is 2.20. The molecule has 0 spiro atoms. The van der Waals surface area contributed by atoms with Crippen LogP contribution in [0, 0.1) is 13.8 Å². The number of H-pyrrole nitrogens is 1. The largest absolute Gasteiger partial charge is 0.486 e. The summed E-state index contributed by atoms with van der Waals surface area (Å²) in [4.78, 5) is 38.8. The van der Waals surface area contributed by atoms with Crippen LogP contribution in [-0.2, 0) is 9.53 Å². The molecule has 0 atom stereocenters. The van der Waals surface area contributed by atoms with Gasteiger partial charge in [0.1, 0.15) is 13.2 Å². The second-order valence-corrected chi connectivity index (χ2v) is 6.45. The van der Waals surface area contributed by atoms with Crippen LogP contribution in [0.4, 0.5) is 0 Å². The van der Waals surface area contributed by atoms with Gasteiger partial charge in [0.25, 0.3) is 0 Å². The number of Topliss-reactive ketones (excluding diaryl/α,β-unsaturated/α-hetero) is 2. The zero-order valence-corrected chi connectivity index (χ0v) is 16.0. The fourth-order valence-corrected chi connectivity index (χ4v) is 3.14. The number of rotatable bonds is 6. The summed E-state index contributed by atoms with van der Waals surface area (Å²) in [6.07, 6.45) is 2.81. The Hall–Kier alpha value is -3.35. The molecule has 0 unspecified atom stereocenters. The number of carbonyl (C=O) groups excluding carboxylic acids is 3. The van der Waals surface area contributed by atoms with Crippen LogP contribution in [0.5, 0.6) is 11.5 Å². The molecule has 146 valence electrons. The van der Waals surface area contributed by atoms with Crippen LogP contribution >= 0.6 is 0 Å². The van der Waals surface area contributed by atoms with Crippen LogP contribution in [0.2, 0.25) is 0 Å². The lowest BCUT2D eigenvalue weighted by atomic mass is 10.1. The highest BCUT2D eigenvalue weighted by atomic mass is 16.6. The number of nitrogens with one attached hydrogen (secondary N) is 1. The highest BCUT2D eigenvalue weighted by Crippen LogP contribution is 2.31. The Kier molecular flexibility index (Phi) is 5.63. The first-order valence-corrected chi connectivity index (χ1v) is 8.84. The van der Waals surface area contributed by atoms with Crippen molar-refractivity contribution in [3.8, 4) is 11.5 Å². The molecule has 1 aromatic heterocycles. The summed E-state index contributed by atoms with van der Waals surface area (Å²) in [5, 5.41) is 0. The van der Waals surface area contributed by atoms with Crippen molar-refractivity contribution in [2.24, 2.45) is 0 Å². The van der Waals surface area contributed by atoms with E-state index in [4.69, 9.17) is 14.2 Å². The molecule has 2 aromatic rings. The molecule has 0 fully saturated rings. The normalized spacial score (nSPS) is 12.8. The standard InChI is InChI=1S/C21H21NO6/c1-12-20(14(3)23)13(2)22-21(12)16(24)11-28-19(25)7-5-15-4-6-17-18(10-15)27-9-8-26-17/h4-7,10,22H,8-9,11H2,1-3H3/b7-5+. The van der Waals surface area contributed by atoms with Crippen LogP contribution in [0.15, 0.2) is 24.3 Å². The third-order valence-corrected chi connectivity index (χ3v) is 4.39. The van der Waals surface area contributed by atoms with E-state index in [0.29, 0.717) is 41.5 Å². The number of carbonyl (C=O) groups is 3. The molecule has 2 heterocycles. The lowest BCUT2D eigenvalue weighted by Gasteiger charge is -2.18. The Morgan fingerprint density at radius 3 is 2.54 bits per heavy atom. The van der Waals surface area contributed by atoms with Crippen LogP contribution in [0.25, 0.3) is 6.08 Å². The molecule has 28 heavy (non-hydrogen) atoms. The average molecular weight is 383 g/mol. The molecule has 0 saturated heterocycles. The summed E-state index contributed by atoms with van der Waals surface area (Å²) in [6.45, 7) is 5.44. The average Bonchev–Trinajstić information content (AvgIpc) is 2.98. The van der Waals surface area contributed by atoms with Gasteiger partial charge in [0.2, 0.25) is 5.78 Å². The van der Waals surface area contributed by atoms with E-state index in [1.54, 1.807) is 38.1 Å². The van der Waals surface area contributed by atoms with E-state index in [-0.39, 0.29) is 11.5 Å². The number of hydrogen-bond donors (Lipinski definition) is 1. The topological polar surface area (TPSA) is 94.7 Å². The molecule has 1 N–H and O–H groups in total. The van der Waals surface area contributed by atoms with Crippen molar-refractivity contribution >= 4 is 23.6 Å². The second kappa shape index (κ2) is 8.12. The van der Waals surface area contributed by atoms with Gasteiger partial charge in [0, 0.05) is 17.3 Å². The monoisotopic (exact) mass is 383 g/mol. The number of ether oxygens (including phenoxy) is 3. The molecule has 1 aromatic carbocycles. The zero-order valence-electron chi connectivity index (χ0n) is 16.0. The molecule has 0 aliphatic carbocycles. The Labute approximate surface area is 162 Å². The number of aromatic nitrogens is 1. The maximum absolute atomic E-state index is 12.3. The summed E-state index contributed by atoms with van der Waals surface area (Å²) in [5.41, 5.74) is 2.71.